The zero-order valence-corrected chi connectivity index (χ0v) is 12.9. The molecule has 0 spiro atoms. The summed E-state index contributed by atoms with van der Waals surface area (Å²) in [5.41, 5.74) is 0. The minimum atomic E-state index is 0.131. The molecule has 3 nitrogen and oxygen atoms in total. The van der Waals surface area contributed by atoms with Crippen molar-refractivity contribution in [3.63, 3.8) is 0 Å². The van der Waals surface area contributed by atoms with E-state index in [-0.39, 0.29) is 6.61 Å². The fourth-order valence-corrected chi connectivity index (χ4v) is 2.01. The van der Waals surface area contributed by atoms with Crippen LogP contribution in [0.25, 0.3) is 0 Å². The fourth-order valence-electron chi connectivity index (χ4n) is 2.01. The van der Waals surface area contributed by atoms with Gasteiger partial charge in [-0.25, -0.2) is 0 Å². The summed E-state index contributed by atoms with van der Waals surface area (Å²) in [6, 6.07) is 0. The molecule has 1 N–H and O–H groups in total. The van der Waals surface area contributed by atoms with Gasteiger partial charge >= 0.3 is 0 Å². The molecule has 0 heterocycles. The van der Waals surface area contributed by atoms with Crippen molar-refractivity contribution in [2.24, 2.45) is 0 Å². The first-order chi connectivity index (χ1) is 9.41. The second-order valence-corrected chi connectivity index (χ2v) is 5.13. The van der Waals surface area contributed by atoms with Crippen LogP contribution in [0.1, 0.15) is 71.1 Å². The van der Waals surface area contributed by atoms with Crippen molar-refractivity contribution in [1.82, 2.24) is 0 Å². The highest BCUT2D eigenvalue weighted by Crippen LogP contribution is 2.05. The van der Waals surface area contributed by atoms with Crippen LogP contribution in [0.15, 0.2) is 0 Å². The summed E-state index contributed by atoms with van der Waals surface area (Å²) in [7, 11) is 0. The quantitative estimate of drug-likeness (QED) is 0.433. The second kappa shape index (κ2) is 17.9. The smallest absolute Gasteiger partial charge is 0.0697 e. The highest BCUT2D eigenvalue weighted by molar-refractivity contribution is 4.45. The van der Waals surface area contributed by atoms with Gasteiger partial charge in [-0.3, -0.25) is 0 Å². The third kappa shape index (κ3) is 17.9. The van der Waals surface area contributed by atoms with Crippen molar-refractivity contribution in [3.05, 3.63) is 0 Å². The first-order valence-electron chi connectivity index (χ1n) is 8.18. The number of hydrogen-bond acceptors (Lipinski definition) is 3. The number of aliphatic hydroxyl groups excluding tert-OH is 1. The molecule has 0 radical (unpaired) electrons. The summed E-state index contributed by atoms with van der Waals surface area (Å²) in [6.07, 6.45) is 12.7. The maximum atomic E-state index is 8.53. The average Bonchev–Trinajstić information content (AvgIpc) is 2.43. The summed E-state index contributed by atoms with van der Waals surface area (Å²) in [6.45, 7) is 5.48. The largest absolute Gasteiger partial charge is 0.394 e. The molecule has 19 heavy (non-hydrogen) atoms. The van der Waals surface area contributed by atoms with Gasteiger partial charge in [-0.15, -0.1) is 0 Å². The van der Waals surface area contributed by atoms with Crippen LogP contribution in [0.4, 0.5) is 0 Å². The first-order valence-corrected chi connectivity index (χ1v) is 8.18. The lowest BCUT2D eigenvalue weighted by Gasteiger charge is -2.05. The molecule has 0 fully saturated rings. The van der Waals surface area contributed by atoms with Gasteiger partial charge in [0.25, 0.3) is 0 Å². The molecule has 0 aromatic rings. The number of unbranched alkanes of at least 4 members (excludes halogenated alkanes) is 8. The molecule has 0 aliphatic rings. The van der Waals surface area contributed by atoms with E-state index in [1.807, 2.05) is 0 Å². The lowest BCUT2D eigenvalue weighted by Crippen LogP contribution is -2.01. The van der Waals surface area contributed by atoms with Crippen LogP contribution in [-0.4, -0.2) is 38.1 Å². The molecule has 0 amide bonds. The standard InChI is InChI=1S/C16H34O3/c1-2-3-4-5-6-9-13-18-14-10-7-8-11-15-19-16-12-17/h17H,2-16H2,1H3. The Balaban J connectivity index is 2.88. The van der Waals surface area contributed by atoms with Crippen molar-refractivity contribution in [1.29, 1.82) is 0 Å². The van der Waals surface area contributed by atoms with Gasteiger partial charge in [0, 0.05) is 19.8 Å². The fraction of sp³-hybridized carbons (Fsp3) is 1.00. The van der Waals surface area contributed by atoms with Gasteiger partial charge in [0.05, 0.1) is 13.2 Å². The van der Waals surface area contributed by atoms with E-state index >= 15 is 0 Å². The molecular weight excluding hydrogens is 240 g/mol. The number of rotatable bonds is 16. The van der Waals surface area contributed by atoms with E-state index < -0.39 is 0 Å². The van der Waals surface area contributed by atoms with Crippen molar-refractivity contribution in [2.75, 3.05) is 33.0 Å². The van der Waals surface area contributed by atoms with Gasteiger partial charge in [-0.2, -0.15) is 0 Å². The Morgan fingerprint density at radius 3 is 1.47 bits per heavy atom. The van der Waals surface area contributed by atoms with Crippen LogP contribution in [0.3, 0.4) is 0 Å². The average molecular weight is 274 g/mol. The topological polar surface area (TPSA) is 38.7 Å². The van der Waals surface area contributed by atoms with Crippen LogP contribution < -0.4 is 0 Å². The summed E-state index contributed by atoms with van der Waals surface area (Å²) in [5, 5.41) is 8.53. The Morgan fingerprint density at radius 2 is 1.00 bits per heavy atom. The Bertz CT molecular complexity index is 135. The van der Waals surface area contributed by atoms with E-state index in [4.69, 9.17) is 14.6 Å². The van der Waals surface area contributed by atoms with Crippen LogP contribution >= 0.6 is 0 Å². The maximum Gasteiger partial charge on any atom is 0.0697 e. The van der Waals surface area contributed by atoms with E-state index in [9.17, 15) is 0 Å². The van der Waals surface area contributed by atoms with Gasteiger partial charge in [0.2, 0.25) is 0 Å². The third-order valence-corrected chi connectivity index (χ3v) is 3.21. The van der Waals surface area contributed by atoms with Crippen LogP contribution in [0.5, 0.6) is 0 Å². The van der Waals surface area contributed by atoms with Gasteiger partial charge in [-0.1, -0.05) is 51.9 Å². The molecule has 0 saturated carbocycles. The molecule has 0 atom stereocenters. The number of ether oxygens (including phenoxy) is 2. The third-order valence-electron chi connectivity index (χ3n) is 3.21. The van der Waals surface area contributed by atoms with Crippen molar-refractivity contribution in [3.8, 4) is 0 Å². The molecule has 0 rings (SSSR count). The summed E-state index contributed by atoms with van der Waals surface area (Å²) in [5.74, 6) is 0. The van der Waals surface area contributed by atoms with Gasteiger partial charge in [-0.05, 0) is 19.3 Å². The maximum absolute atomic E-state index is 8.53. The van der Waals surface area contributed by atoms with Crippen LogP contribution in [0, 0.1) is 0 Å². The summed E-state index contributed by atoms with van der Waals surface area (Å²) >= 11 is 0. The molecule has 0 saturated heterocycles. The number of hydrogen-bond donors (Lipinski definition) is 1. The van der Waals surface area contributed by atoms with E-state index in [2.05, 4.69) is 6.92 Å². The lowest BCUT2D eigenvalue weighted by atomic mass is 10.1. The van der Waals surface area contributed by atoms with Crippen molar-refractivity contribution in [2.45, 2.75) is 71.1 Å². The predicted octanol–water partition coefficient (Wildman–Crippen LogP) is 3.93. The van der Waals surface area contributed by atoms with Gasteiger partial charge in [0.1, 0.15) is 0 Å². The van der Waals surface area contributed by atoms with Crippen molar-refractivity contribution >= 4 is 0 Å². The normalized spacial score (nSPS) is 11.1. The number of aliphatic hydroxyl groups is 1. The van der Waals surface area contributed by atoms with E-state index in [0.29, 0.717) is 6.61 Å². The zero-order valence-electron chi connectivity index (χ0n) is 12.9. The van der Waals surface area contributed by atoms with Crippen LogP contribution in [-0.2, 0) is 9.47 Å². The first kappa shape index (κ1) is 18.9. The molecule has 0 aliphatic carbocycles. The molecule has 0 aliphatic heterocycles. The predicted molar refractivity (Wildman–Crippen MR) is 80.6 cm³/mol. The molecule has 116 valence electrons. The summed E-state index contributed by atoms with van der Waals surface area (Å²) < 4.78 is 10.8. The Hall–Kier alpha value is -0.120. The Morgan fingerprint density at radius 1 is 0.579 bits per heavy atom. The molecule has 0 unspecified atom stereocenters. The minimum Gasteiger partial charge on any atom is -0.394 e. The minimum absolute atomic E-state index is 0.131. The van der Waals surface area contributed by atoms with E-state index in [1.165, 1.54) is 51.4 Å². The Labute approximate surface area is 119 Å². The molecular formula is C16H34O3. The lowest BCUT2D eigenvalue weighted by molar-refractivity contribution is 0.0883. The van der Waals surface area contributed by atoms with Crippen molar-refractivity contribution < 1.29 is 14.6 Å². The molecule has 0 bridgehead atoms. The summed E-state index contributed by atoms with van der Waals surface area (Å²) in [4.78, 5) is 0. The van der Waals surface area contributed by atoms with Gasteiger partial charge < -0.3 is 14.6 Å². The van der Waals surface area contributed by atoms with Gasteiger partial charge in [0.15, 0.2) is 0 Å². The second-order valence-electron chi connectivity index (χ2n) is 5.13. The SMILES string of the molecule is CCCCCCCCOCCCCCCOCCO. The highest BCUT2D eigenvalue weighted by Gasteiger charge is 1.93. The molecule has 0 aromatic heterocycles. The van der Waals surface area contributed by atoms with Crippen LogP contribution in [0.2, 0.25) is 0 Å². The Kier molecular flexibility index (Phi) is 17.8. The van der Waals surface area contributed by atoms with E-state index in [0.717, 1.165) is 32.7 Å². The molecule has 3 heteroatoms. The highest BCUT2D eigenvalue weighted by atomic mass is 16.5. The monoisotopic (exact) mass is 274 g/mol. The molecule has 0 aromatic carbocycles. The van der Waals surface area contributed by atoms with E-state index in [1.54, 1.807) is 0 Å². The zero-order chi connectivity index (χ0) is 14.0.